The van der Waals surface area contributed by atoms with Gasteiger partial charge in [-0.1, -0.05) is 24.3 Å². The molecule has 1 aliphatic heterocycles. The summed E-state index contributed by atoms with van der Waals surface area (Å²) in [6.45, 7) is 2.85. The highest BCUT2D eigenvalue weighted by molar-refractivity contribution is 7.17. The van der Waals surface area contributed by atoms with E-state index in [0.717, 1.165) is 37.2 Å². The van der Waals surface area contributed by atoms with Crippen LogP contribution in [0, 0.1) is 0 Å². The Morgan fingerprint density at radius 3 is 2.96 bits per heavy atom. The van der Waals surface area contributed by atoms with Gasteiger partial charge in [-0.05, 0) is 55.4 Å². The largest absolute Gasteiger partial charge is 0.376 e. The van der Waals surface area contributed by atoms with E-state index in [2.05, 4.69) is 35.6 Å². The highest BCUT2D eigenvalue weighted by Gasteiger charge is 2.26. The molecule has 23 heavy (non-hydrogen) atoms. The third-order valence-electron chi connectivity index (χ3n) is 4.84. The maximum atomic E-state index is 12.6. The molecule has 4 rings (SSSR count). The van der Waals surface area contributed by atoms with Gasteiger partial charge in [0.2, 0.25) is 0 Å². The van der Waals surface area contributed by atoms with Crippen LogP contribution in [0.25, 0.3) is 10.4 Å². The van der Waals surface area contributed by atoms with Gasteiger partial charge in [-0.25, -0.2) is 0 Å². The van der Waals surface area contributed by atoms with E-state index in [1.807, 2.05) is 6.92 Å². The lowest BCUT2D eigenvalue weighted by atomic mass is 9.91. The summed E-state index contributed by atoms with van der Waals surface area (Å²) in [4.78, 5) is 14.7. The number of carbonyl (C=O) groups excluding carboxylic acids is 1. The Morgan fingerprint density at radius 1 is 1.30 bits per heavy atom. The summed E-state index contributed by atoms with van der Waals surface area (Å²) in [5, 5.41) is 3.12. The molecule has 0 unspecified atom stereocenters. The van der Waals surface area contributed by atoms with Crippen LogP contribution in [0.4, 0.5) is 0 Å². The fraction of sp³-hybridized carbons (Fsp3) is 0.421. The van der Waals surface area contributed by atoms with Crippen LogP contribution in [0.1, 0.15) is 40.6 Å². The van der Waals surface area contributed by atoms with E-state index in [1.54, 1.807) is 11.3 Å². The van der Waals surface area contributed by atoms with Crippen molar-refractivity contribution in [3.63, 3.8) is 0 Å². The molecule has 1 aromatic heterocycles. The minimum atomic E-state index is 0.0323. The van der Waals surface area contributed by atoms with Crippen LogP contribution in [0.5, 0.6) is 0 Å². The van der Waals surface area contributed by atoms with Gasteiger partial charge in [-0.3, -0.25) is 4.79 Å². The van der Waals surface area contributed by atoms with Crippen LogP contribution in [-0.4, -0.2) is 24.7 Å². The number of benzene rings is 1. The fourth-order valence-corrected chi connectivity index (χ4v) is 4.73. The number of amides is 1. The number of thiophene rings is 1. The van der Waals surface area contributed by atoms with E-state index in [0.29, 0.717) is 0 Å². The summed E-state index contributed by atoms with van der Waals surface area (Å²) in [6, 6.07) is 10.7. The zero-order valence-electron chi connectivity index (χ0n) is 13.3. The zero-order chi connectivity index (χ0) is 15.8. The number of carbonyl (C=O) groups is 1. The number of rotatable bonds is 3. The maximum Gasteiger partial charge on any atom is 0.261 e. The first kappa shape index (κ1) is 14.9. The van der Waals surface area contributed by atoms with Gasteiger partial charge in [-0.15, -0.1) is 11.3 Å². The first-order valence-corrected chi connectivity index (χ1v) is 9.17. The van der Waals surface area contributed by atoms with Crippen molar-refractivity contribution in [2.45, 2.75) is 44.8 Å². The van der Waals surface area contributed by atoms with Crippen molar-refractivity contribution in [1.82, 2.24) is 5.32 Å². The first-order valence-electron chi connectivity index (χ1n) is 8.36. The lowest BCUT2D eigenvalue weighted by molar-refractivity contribution is 0.0714. The predicted octanol–water partition coefficient (Wildman–Crippen LogP) is 3.81. The second-order valence-corrected chi connectivity index (χ2v) is 7.49. The molecule has 1 fully saturated rings. The van der Waals surface area contributed by atoms with Gasteiger partial charge < -0.3 is 10.1 Å². The van der Waals surface area contributed by atoms with Gasteiger partial charge in [0.25, 0.3) is 5.91 Å². The molecule has 1 amide bonds. The van der Waals surface area contributed by atoms with E-state index in [4.69, 9.17) is 4.74 Å². The van der Waals surface area contributed by atoms with Crippen molar-refractivity contribution in [3.05, 3.63) is 46.3 Å². The van der Waals surface area contributed by atoms with E-state index in [-0.39, 0.29) is 18.1 Å². The molecule has 0 radical (unpaired) electrons. The number of fused-ring (bicyclic) bond motifs is 3. The van der Waals surface area contributed by atoms with Crippen molar-refractivity contribution < 1.29 is 9.53 Å². The third kappa shape index (κ3) is 2.81. The van der Waals surface area contributed by atoms with Crippen molar-refractivity contribution >= 4 is 17.2 Å². The molecule has 2 aromatic rings. The van der Waals surface area contributed by atoms with Crippen LogP contribution in [0.15, 0.2) is 30.3 Å². The lowest BCUT2D eigenvalue weighted by Gasteiger charge is -2.19. The second-order valence-electron chi connectivity index (χ2n) is 6.44. The molecular formula is C19H21NO2S. The molecule has 2 heterocycles. The number of hydrogen-bond acceptors (Lipinski definition) is 3. The monoisotopic (exact) mass is 327 g/mol. The third-order valence-corrected chi connectivity index (χ3v) is 6.05. The minimum Gasteiger partial charge on any atom is -0.376 e. The Balaban J connectivity index is 1.55. The normalized spacial score (nSPS) is 20.7. The second kappa shape index (κ2) is 6.10. The SMILES string of the molecule is C[C@H](NC(=O)c1cc2c(s1)-c1ccccc1CC2)[C@@H]1CCCO1. The van der Waals surface area contributed by atoms with E-state index >= 15 is 0 Å². The van der Waals surface area contributed by atoms with Crippen LogP contribution in [0.3, 0.4) is 0 Å². The molecule has 0 saturated carbocycles. The lowest BCUT2D eigenvalue weighted by Crippen LogP contribution is -2.40. The molecule has 3 nitrogen and oxygen atoms in total. The van der Waals surface area contributed by atoms with Crippen molar-refractivity contribution in [3.8, 4) is 10.4 Å². The van der Waals surface area contributed by atoms with Gasteiger partial charge in [0.15, 0.2) is 0 Å². The standard InChI is InChI=1S/C19H21NO2S/c1-12(16-7-4-10-22-16)20-19(21)17-11-14-9-8-13-5-2-3-6-15(13)18(14)23-17/h2-3,5-6,11-12,16H,4,7-10H2,1H3,(H,20,21)/t12-,16-/m0/s1. The average molecular weight is 327 g/mol. The quantitative estimate of drug-likeness (QED) is 0.931. The van der Waals surface area contributed by atoms with E-state index < -0.39 is 0 Å². The summed E-state index contributed by atoms with van der Waals surface area (Å²) in [7, 11) is 0. The molecule has 0 bridgehead atoms. The summed E-state index contributed by atoms with van der Waals surface area (Å²) in [5.41, 5.74) is 4.00. The van der Waals surface area contributed by atoms with Crippen molar-refractivity contribution in [1.29, 1.82) is 0 Å². The molecule has 2 aliphatic rings. The van der Waals surface area contributed by atoms with Crippen molar-refractivity contribution in [2.24, 2.45) is 0 Å². The average Bonchev–Trinajstić information content (AvgIpc) is 3.24. The summed E-state index contributed by atoms with van der Waals surface area (Å²) < 4.78 is 5.67. The van der Waals surface area contributed by atoms with Crippen LogP contribution in [-0.2, 0) is 17.6 Å². The Hall–Kier alpha value is -1.65. The summed E-state index contributed by atoms with van der Waals surface area (Å²) >= 11 is 1.62. The zero-order valence-corrected chi connectivity index (χ0v) is 14.1. The number of nitrogens with one attached hydrogen (secondary N) is 1. The maximum absolute atomic E-state index is 12.6. The van der Waals surface area contributed by atoms with Gasteiger partial charge >= 0.3 is 0 Å². The molecule has 120 valence electrons. The minimum absolute atomic E-state index is 0.0323. The van der Waals surface area contributed by atoms with Crippen LogP contribution in [0.2, 0.25) is 0 Å². The molecule has 0 spiro atoms. The molecular weight excluding hydrogens is 306 g/mol. The van der Waals surface area contributed by atoms with E-state index in [1.165, 1.54) is 21.6 Å². The van der Waals surface area contributed by atoms with Crippen LogP contribution >= 0.6 is 11.3 Å². The van der Waals surface area contributed by atoms with Gasteiger partial charge in [0, 0.05) is 11.5 Å². The fourth-order valence-electron chi connectivity index (χ4n) is 3.55. The Morgan fingerprint density at radius 2 is 2.13 bits per heavy atom. The smallest absolute Gasteiger partial charge is 0.261 e. The van der Waals surface area contributed by atoms with E-state index in [9.17, 15) is 4.79 Å². The number of aryl methyl sites for hydroxylation is 2. The van der Waals surface area contributed by atoms with Gasteiger partial charge in [-0.2, -0.15) is 0 Å². The number of hydrogen-bond donors (Lipinski definition) is 1. The molecule has 4 heteroatoms. The highest BCUT2D eigenvalue weighted by atomic mass is 32.1. The Bertz CT molecular complexity index is 731. The van der Waals surface area contributed by atoms with Gasteiger partial charge in [0.1, 0.15) is 0 Å². The highest BCUT2D eigenvalue weighted by Crippen LogP contribution is 2.39. The van der Waals surface area contributed by atoms with Crippen molar-refractivity contribution in [2.75, 3.05) is 6.61 Å². The molecule has 1 aromatic carbocycles. The predicted molar refractivity (Wildman–Crippen MR) is 93.1 cm³/mol. The first-order chi connectivity index (χ1) is 11.2. The summed E-state index contributed by atoms with van der Waals surface area (Å²) in [5.74, 6) is 0.0323. The molecule has 2 atom stereocenters. The molecule has 1 aliphatic carbocycles. The van der Waals surface area contributed by atoms with Gasteiger partial charge in [0.05, 0.1) is 17.0 Å². The Labute approximate surface area is 140 Å². The molecule has 1 N–H and O–H groups in total. The van der Waals surface area contributed by atoms with Crippen LogP contribution < -0.4 is 5.32 Å². The molecule has 1 saturated heterocycles. The number of ether oxygens (including phenoxy) is 1. The topological polar surface area (TPSA) is 38.3 Å². The Kier molecular flexibility index (Phi) is 3.95. The summed E-state index contributed by atoms with van der Waals surface area (Å²) in [6.07, 6.45) is 4.38.